The average molecular weight is 456 g/mol. The van der Waals surface area contributed by atoms with Gasteiger partial charge in [-0.25, -0.2) is 0 Å². The largest absolute Gasteiger partial charge is 0.491 e. The van der Waals surface area contributed by atoms with Gasteiger partial charge >= 0.3 is 0 Å². The molecule has 0 saturated heterocycles. The number of rotatable bonds is 15. The number of aliphatic hydroxyl groups is 1. The van der Waals surface area contributed by atoms with Gasteiger partial charge in [0.1, 0.15) is 12.4 Å². The van der Waals surface area contributed by atoms with Gasteiger partial charge in [0.2, 0.25) is 5.91 Å². The highest BCUT2D eigenvalue weighted by molar-refractivity contribution is 5.94. The van der Waals surface area contributed by atoms with Crippen molar-refractivity contribution in [2.24, 2.45) is 29.6 Å². The fourth-order valence-electron chi connectivity index (χ4n) is 4.83. The summed E-state index contributed by atoms with van der Waals surface area (Å²) in [5.41, 5.74) is 0. The van der Waals surface area contributed by atoms with Gasteiger partial charge in [-0.3, -0.25) is 9.59 Å². The number of allylic oxidation sites excluding steroid dienone is 2. The molecule has 5 heteroatoms. The molecule has 5 nitrogen and oxygen atoms in total. The highest BCUT2D eigenvalue weighted by Crippen LogP contribution is 2.36. The predicted octanol–water partition coefficient (Wildman–Crippen LogP) is 4.94. The Hall–Kier alpha value is -2.14. The highest BCUT2D eigenvalue weighted by atomic mass is 16.5. The first kappa shape index (κ1) is 25.5. The summed E-state index contributed by atoms with van der Waals surface area (Å²) in [5.74, 6) is 2.75. The lowest BCUT2D eigenvalue weighted by atomic mass is 9.78. The molecule has 1 saturated carbocycles. The number of carbonyl (C=O) groups is 2. The van der Waals surface area contributed by atoms with Crippen LogP contribution in [0.5, 0.6) is 5.75 Å². The molecule has 3 rings (SSSR count). The summed E-state index contributed by atoms with van der Waals surface area (Å²) in [6, 6.07) is 9.52. The van der Waals surface area contributed by atoms with Crippen molar-refractivity contribution in [1.29, 1.82) is 0 Å². The van der Waals surface area contributed by atoms with Crippen LogP contribution < -0.4 is 10.1 Å². The van der Waals surface area contributed by atoms with Crippen molar-refractivity contribution in [1.82, 2.24) is 5.32 Å². The summed E-state index contributed by atoms with van der Waals surface area (Å²) >= 11 is 0. The van der Waals surface area contributed by atoms with Gasteiger partial charge in [-0.05, 0) is 80.4 Å². The molecule has 1 aromatic carbocycles. The van der Waals surface area contributed by atoms with Crippen LogP contribution >= 0.6 is 0 Å². The van der Waals surface area contributed by atoms with Gasteiger partial charge in [0, 0.05) is 18.9 Å². The Kier molecular flexibility index (Phi) is 9.98. The number of carbonyl (C=O) groups excluding carboxylic acids is 2. The molecule has 1 amide bonds. The minimum Gasteiger partial charge on any atom is -0.491 e. The summed E-state index contributed by atoms with van der Waals surface area (Å²) < 4.78 is 5.68. The molecule has 182 valence electrons. The lowest BCUT2D eigenvalue weighted by Gasteiger charge is -2.27. The summed E-state index contributed by atoms with van der Waals surface area (Å²) in [6.45, 7) is 5.45. The van der Waals surface area contributed by atoms with Crippen molar-refractivity contribution in [3.63, 3.8) is 0 Å². The molecule has 1 unspecified atom stereocenters. The van der Waals surface area contributed by atoms with E-state index in [1.807, 2.05) is 36.4 Å². The molecular formula is C28H41NO4. The molecule has 2 aliphatic rings. The number of amides is 1. The molecule has 1 aromatic rings. The molecule has 0 heterocycles. The number of para-hydroxylation sites is 1. The number of hydrogen-bond acceptors (Lipinski definition) is 4. The molecule has 0 bridgehead atoms. The second-order valence-electron chi connectivity index (χ2n) is 10.3. The summed E-state index contributed by atoms with van der Waals surface area (Å²) in [7, 11) is 0. The van der Waals surface area contributed by atoms with E-state index in [9.17, 15) is 14.7 Å². The van der Waals surface area contributed by atoms with E-state index in [1.54, 1.807) is 6.08 Å². The Morgan fingerprint density at radius 3 is 2.67 bits per heavy atom. The van der Waals surface area contributed by atoms with Gasteiger partial charge in [0.25, 0.3) is 0 Å². The van der Waals surface area contributed by atoms with Crippen molar-refractivity contribution in [2.75, 3.05) is 13.2 Å². The summed E-state index contributed by atoms with van der Waals surface area (Å²) in [5, 5.41) is 13.5. The molecule has 0 spiro atoms. The van der Waals surface area contributed by atoms with Crippen LogP contribution in [0, 0.1) is 29.6 Å². The zero-order valence-corrected chi connectivity index (χ0v) is 20.2. The Morgan fingerprint density at radius 2 is 1.94 bits per heavy atom. The third kappa shape index (κ3) is 8.96. The molecule has 0 aromatic heterocycles. The Bertz CT molecular complexity index is 773. The standard InChI is InChI=1S/C28H41NO4/c1-20(7-6-10-28(32)29-18-22-12-13-22)11-14-26-25(15-16-27(26)31)21(2)17-23(30)19-33-24-8-4-3-5-9-24/h3-5,8-9,15-16,20-23,25-26,30H,6-7,10-14,17-19H2,1-2H3,(H,29,32)/t20-,21-,23+,25+,26?/m0/s1. The second-order valence-corrected chi connectivity index (χ2v) is 10.3. The van der Waals surface area contributed by atoms with Crippen LogP contribution in [0.1, 0.15) is 65.2 Å². The summed E-state index contributed by atoms with van der Waals surface area (Å²) in [6.07, 6.45) is 10.7. The molecule has 0 radical (unpaired) electrons. The minimum absolute atomic E-state index is 0.00605. The molecule has 2 N–H and O–H groups in total. The van der Waals surface area contributed by atoms with Crippen LogP contribution in [-0.2, 0) is 9.59 Å². The van der Waals surface area contributed by atoms with Crippen molar-refractivity contribution in [2.45, 2.75) is 71.3 Å². The van der Waals surface area contributed by atoms with Gasteiger partial charge in [0.15, 0.2) is 5.78 Å². The first-order chi connectivity index (χ1) is 15.9. The first-order valence-electron chi connectivity index (χ1n) is 12.8. The average Bonchev–Trinajstić information content (AvgIpc) is 3.56. The Morgan fingerprint density at radius 1 is 1.18 bits per heavy atom. The molecule has 5 atom stereocenters. The lowest BCUT2D eigenvalue weighted by Crippen LogP contribution is -2.27. The van der Waals surface area contributed by atoms with Crippen LogP contribution in [0.15, 0.2) is 42.5 Å². The van der Waals surface area contributed by atoms with Gasteiger partial charge in [-0.2, -0.15) is 0 Å². The minimum atomic E-state index is -0.560. The zero-order valence-electron chi connectivity index (χ0n) is 20.2. The third-order valence-corrected chi connectivity index (χ3v) is 7.16. The maximum absolute atomic E-state index is 12.5. The monoisotopic (exact) mass is 455 g/mol. The Balaban J connectivity index is 1.34. The van der Waals surface area contributed by atoms with Gasteiger partial charge in [0.05, 0.1) is 6.10 Å². The number of aliphatic hydroxyl groups excluding tert-OH is 1. The van der Waals surface area contributed by atoms with Gasteiger partial charge in [-0.15, -0.1) is 0 Å². The predicted molar refractivity (Wildman–Crippen MR) is 131 cm³/mol. The van der Waals surface area contributed by atoms with E-state index in [0.717, 1.165) is 43.9 Å². The second kappa shape index (κ2) is 12.9. The van der Waals surface area contributed by atoms with E-state index >= 15 is 0 Å². The molecule has 2 aliphatic carbocycles. The van der Waals surface area contributed by atoms with E-state index in [4.69, 9.17) is 4.74 Å². The van der Waals surface area contributed by atoms with Crippen molar-refractivity contribution in [3.8, 4) is 5.75 Å². The highest BCUT2D eigenvalue weighted by Gasteiger charge is 2.34. The number of benzene rings is 1. The van der Waals surface area contributed by atoms with Crippen LogP contribution in [0.4, 0.5) is 0 Å². The van der Waals surface area contributed by atoms with Crippen molar-refractivity contribution < 1.29 is 19.4 Å². The maximum atomic E-state index is 12.5. The maximum Gasteiger partial charge on any atom is 0.220 e. The van der Waals surface area contributed by atoms with E-state index in [-0.39, 0.29) is 36.1 Å². The van der Waals surface area contributed by atoms with E-state index in [0.29, 0.717) is 18.8 Å². The van der Waals surface area contributed by atoms with Gasteiger partial charge in [-0.1, -0.05) is 44.5 Å². The van der Waals surface area contributed by atoms with E-state index < -0.39 is 6.10 Å². The first-order valence-corrected chi connectivity index (χ1v) is 12.8. The SMILES string of the molecule is C[C@@H](CCCC(=O)NCC1CC1)CCC1C(=O)C=C[C@@H]1[C@@H](C)C[C@@H](O)COc1ccccc1. The fourth-order valence-corrected chi connectivity index (χ4v) is 4.83. The number of nitrogens with one attached hydrogen (secondary N) is 1. The molecule has 0 aliphatic heterocycles. The fraction of sp³-hybridized carbons (Fsp3) is 0.643. The lowest BCUT2D eigenvalue weighted by molar-refractivity contribution is -0.121. The molecular weight excluding hydrogens is 414 g/mol. The quantitative estimate of drug-likeness (QED) is 0.393. The number of hydrogen-bond donors (Lipinski definition) is 2. The van der Waals surface area contributed by atoms with Crippen LogP contribution in [0.3, 0.4) is 0 Å². The topological polar surface area (TPSA) is 75.6 Å². The third-order valence-electron chi connectivity index (χ3n) is 7.16. The number of ketones is 1. The van der Waals surface area contributed by atoms with E-state index in [2.05, 4.69) is 19.2 Å². The smallest absolute Gasteiger partial charge is 0.220 e. The van der Waals surface area contributed by atoms with E-state index in [1.165, 1.54) is 12.8 Å². The number of ether oxygens (including phenoxy) is 1. The zero-order chi connectivity index (χ0) is 23.6. The van der Waals surface area contributed by atoms with Crippen molar-refractivity contribution in [3.05, 3.63) is 42.5 Å². The molecule has 1 fully saturated rings. The van der Waals surface area contributed by atoms with Gasteiger partial charge < -0.3 is 15.2 Å². The van der Waals surface area contributed by atoms with Crippen LogP contribution in [0.2, 0.25) is 0 Å². The van der Waals surface area contributed by atoms with Crippen LogP contribution in [-0.4, -0.2) is 36.1 Å². The van der Waals surface area contributed by atoms with Crippen LogP contribution in [0.25, 0.3) is 0 Å². The normalized spacial score (nSPS) is 22.7. The Labute approximate surface area is 199 Å². The van der Waals surface area contributed by atoms with Crippen molar-refractivity contribution >= 4 is 11.7 Å². The molecule has 33 heavy (non-hydrogen) atoms. The summed E-state index contributed by atoms with van der Waals surface area (Å²) in [4.78, 5) is 24.4.